The zero-order valence-corrected chi connectivity index (χ0v) is 11.8. The van der Waals surface area contributed by atoms with Gasteiger partial charge in [0.25, 0.3) is 0 Å². The van der Waals surface area contributed by atoms with E-state index in [1.165, 1.54) is 0 Å². The van der Waals surface area contributed by atoms with Crippen LogP contribution in [-0.2, 0) is 4.79 Å². The van der Waals surface area contributed by atoms with Crippen LogP contribution in [0.2, 0.25) is 0 Å². The van der Waals surface area contributed by atoms with Gasteiger partial charge in [-0.25, -0.2) is 4.79 Å². The first kappa shape index (κ1) is 14.8. The molecule has 0 bridgehead atoms. The van der Waals surface area contributed by atoms with E-state index in [1.54, 1.807) is 28.8 Å². The number of urea groups is 1. The first-order valence-electron chi connectivity index (χ1n) is 6.23. The van der Waals surface area contributed by atoms with Crippen LogP contribution in [0.3, 0.4) is 0 Å². The molecule has 18 heavy (non-hydrogen) atoms. The van der Waals surface area contributed by atoms with Crippen molar-refractivity contribution in [1.82, 2.24) is 14.7 Å². The van der Waals surface area contributed by atoms with Crippen LogP contribution in [0.15, 0.2) is 0 Å². The molecule has 0 unspecified atom stereocenters. The van der Waals surface area contributed by atoms with Gasteiger partial charge < -0.3 is 20.4 Å². The number of nitrogens with zero attached hydrogens (tertiary/aromatic N) is 3. The van der Waals surface area contributed by atoms with Crippen molar-refractivity contribution in [2.75, 3.05) is 40.3 Å². The molecule has 1 aliphatic heterocycles. The lowest BCUT2D eigenvalue weighted by atomic mass is 10.0. The van der Waals surface area contributed by atoms with E-state index in [2.05, 4.69) is 0 Å². The Kier molecular flexibility index (Phi) is 4.56. The van der Waals surface area contributed by atoms with E-state index in [4.69, 9.17) is 5.73 Å². The molecular weight excluding hydrogens is 232 g/mol. The molecule has 0 radical (unpaired) electrons. The lowest BCUT2D eigenvalue weighted by Gasteiger charge is -2.36. The van der Waals surface area contributed by atoms with Gasteiger partial charge in [-0.3, -0.25) is 4.79 Å². The van der Waals surface area contributed by atoms with Crippen LogP contribution in [-0.4, -0.2) is 72.5 Å². The summed E-state index contributed by atoms with van der Waals surface area (Å²) in [4.78, 5) is 28.8. The third-order valence-electron chi connectivity index (χ3n) is 2.89. The molecule has 1 heterocycles. The third kappa shape index (κ3) is 4.18. The van der Waals surface area contributed by atoms with Gasteiger partial charge in [0, 0.05) is 52.2 Å². The fourth-order valence-electron chi connectivity index (χ4n) is 1.93. The van der Waals surface area contributed by atoms with Crippen LogP contribution >= 0.6 is 0 Å². The van der Waals surface area contributed by atoms with Gasteiger partial charge in [0.15, 0.2) is 0 Å². The quantitative estimate of drug-likeness (QED) is 0.752. The Morgan fingerprint density at radius 3 is 1.94 bits per heavy atom. The predicted molar refractivity (Wildman–Crippen MR) is 70.1 cm³/mol. The Morgan fingerprint density at radius 2 is 1.56 bits per heavy atom. The average molecular weight is 256 g/mol. The predicted octanol–water partition coefficient (Wildman–Crippen LogP) is -0.0604. The maximum atomic E-state index is 12.0. The first-order valence-corrected chi connectivity index (χ1v) is 6.23. The van der Waals surface area contributed by atoms with Crippen molar-refractivity contribution in [2.45, 2.75) is 25.8 Å². The lowest BCUT2D eigenvalue weighted by molar-refractivity contribution is -0.133. The Hall–Kier alpha value is -1.30. The first-order chi connectivity index (χ1) is 8.20. The maximum absolute atomic E-state index is 12.0. The number of carbonyl (C=O) groups is 2. The SMILES string of the molecule is CN(C)C(=O)N1CCN(C(=O)CC(C)(C)N)CC1. The minimum absolute atomic E-state index is 0.00116. The summed E-state index contributed by atoms with van der Waals surface area (Å²) in [6.45, 7) is 6.05. The topological polar surface area (TPSA) is 69.9 Å². The molecule has 1 rings (SSSR count). The molecular formula is C12H24N4O2. The van der Waals surface area contributed by atoms with E-state index in [-0.39, 0.29) is 11.9 Å². The fourth-order valence-corrected chi connectivity index (χ4v) is 1.93. The zero-order chi connectivity index (χ0) is 13.9. The van der Waals surface area contributed by atoms with Gasteiger partial charge in [0.05, 0.1) is 0 Å². The van der Waals surface area contributed by atoms with Crippen molar-refractivity contribution in [1.29, 1.82) is 0 Å². The molecule has 0 spiro atoms. The van der Waals surface area contributed by atoms with Crippen molar-refractivity contribution < 1.29 is 9.59 Å². The summed E-state index contributed by atoms with van der Waals surface area (Å²) in [6.07, 6.45) is 0.342. The highest BCUT2D eigenvalue weighted by molar-refractivity contribution is 5.78. The molecule has 6 nitrogen and oxygen atoms in total. The lowest BCUT2D eigenvalue weighted by Crippen LogP contribution is -2.54. The number of rotatable bonds is 2. The molecule has 0 aromatic rings. The Morgan fingerprint density at radius 1 is 1.11 bits per heavy atom. The number of amides is 3. The summed E-state index contributed by atoms with van der Waals surface area (Å²) in [7, 11) is 3.47. The third-order valence-corrected chi connectivity index (χ3v) is 2.89. The Bertz CT molecular complexity index is 315. The summed E-state index contributed by atoms with van der Waals surface area (Å²) < 4.78 is 0. The standard InChI is InChI=1S/C12H24N4O2/c1-12(2,13)9-10(17)15-5-7-16(8-6-15)11(18)14(3)4/h5-9,13H2,1-4H3. The van der Waals surface area contributed by atoms with E-state index in [0.29, 0.717) is 32.6 Å². The molecule has 0 atom stereocenters. The van der Waals surface area contributed by atoms with Crippen LogP contribution in [0, 0.1) is 0 Å². The van der Waals surface area contributed by atoms with Crippen molar-refractivity contribution in [3.8, 4) is 0 Å². The van der Waals surface area contributed by atoms with E-state index in [9.17, 15) is 9.59 Å². The molecule has 1 aliphatic rings. The fraction of sp³-hybridized carbons (Fsp3) is 0.833. The van der Waals surface area contributed by atoms with E-state index in [0.717, 1.165) is 0 Å². The molecule has 6 heteroatoms. The molecule has 3 amide bonds. The summed E-state index contributed by atoms with van der Waals surface area (Å²) in [5, 5.41) is 0. The van der Waals surface area contributed by atoms with E-state index in [1.807, 2.05) is 13.8 Å². The van der Waals surface area contributed by atoms with Gasteiger partial charge in [-0.2, -0.15) is 0 Å². The van der Waals surface area contributed by atoms with E-state index >= 15 is 0 Å². The van der Waals surface area contributed by atoms with Gasteiger partial charge in [0.2, 0.25) is 5.91 Å². The Balaban J connectivity index is 2.44. The second kappa shape index (κ2) is 5.56. The highest BCUT2D eigenvalue weighted by atomic mass is 16.2. The van der Waals surface area contributed by atoms with Gasteiger partial charge in [-0.15, -0.1) is 0 Å². The van der Waals surface area contributed by atoms with Crippen molar-refractivity contribution >= 4 is 11.9 Å². The highest BCUT2D eigenvalue weighted by Crippen LogP contribution is 2.10. The van der Waals surface area contributed by atoms with Gasteiger partial charge >= 0.3 is 6.03 Å². The molecule has 2 N–H and O–H groups in total. The highest BCUT2D eigenvalue weighted by Gasteiger charge is 2.27. The number of carbonyl (C=O) groups excluding carboxylic acids is 2. The van der Waals surface area contributed by atoms with Crippen LogP contribution in [0.5, 0.6) is 0 Å². The minimum Gasteiger partial charge on any atom is -0.339 e. The molecule has 0 aromatic heterocycles. The summed E-state index contributed by atoms with van der Waals surface area (Å²) in [5.74, 6) is 0.0689. The maximum Gasteiger partial charge on any atom is 0.319 e. The van der Waals surface area contributed by atoms with Gasteiger partial charge in [-0.1, -0.05) is 0 Å². The van der Waals surface area contributed by atoms with Gasteiger partial charge in [-0.05, 0) is 13.8 Å². The van der Waals surface area contributed by atoms with Gasteiger partial charge in [0.1, 0.15) is 0 Å². The number of hydrogen-bond donors (Lipinski definition) is 1. The second-order valence-corrected chi connectivity index (χ2v) is 5.71. The van der Waals surface area contributed by atoms with Crippen molar-refractivity contribution in [2.24, 2.45) is 5.73 Å². The largest absolute Gasteiger partial charge is 0.339 e. The molecule has 0 aliphatic carbocycles. The second-order valence-electron chi connectivity index (χ2n) is 5.71. The normalized spacial score (nSPS) is 16.7. The minimum atomic E-state index is -0.478. The van der Waals surface area contributed by atoms with Crippen molar-refractivity contribution in [3.05, 3.63) is 0 Å². The average Bonchev–Trinajstić information content (AvgIpc) is 2.26. The molecule has 104 valence electrons. The Labute approximate surface area is 109 Å². The monoisotopic (exact) mass is 256 g/mol. The van der Waals surface area contributed by atoms with Crippen LogP contribution in [0.4, 0.5) is 4.79 Å². The van der Waals surface area contributed by atoms with Crippen LogP contribution in [0.1, 0.15) is 20.3 Å². The molecule has 0 aromatic carbocycles. The summed E-state index contributed by atoms with van der Waals surface area (Å²) >= 11 is 0. The van der Waals surface area contributed by atoms with E-state index < -0.39 is 5.54 Å². The molecule has 1 fully saturated rings. The molecule has 1 saturated heterocycles. The summed E-state index contributed by atoms with van der Waals surface area (Å²) in [6, 6.07) is 0.00116. The number of hydrogen-bond acceptors (Lipinski definition) is 3. The zero-order valence-electron chi connectivity index (χ0n) is 11.8. The number of nitrogens with two attached hydrogens (primary N) is 1. The van der Waals surface area contributed by atoms with Crippen molar-refractivity contribution in [3.63, 3.8) is 0 Å². The van der Waals surface area contributed by atoms with Crippen LogP contribution < -0.4 is 5.73 Å². The summed E-state index contributed by atoms with van der Waals surface area (Å²) in [5.41, 5.74) is 5.36. The van der Waals surface area contributed by atoms with Crippen LogP contribution in [0.25, 0.3) is 0 Å². The number of piperazine rings is 1. The molecule has 0 saturated carbocycles. The smallest absolute Gasteiger partial charge is 0.319 e.